The molecule has 0 spiro atoms. The van der Waals surface area contributed by atoms with E-state index >= 15 is 0 Å². The Labute approximate surface area is 157 Å². The fraction of sp³-hybridized carbons (Fsp3) is 0.286. The normalized spacial score (nSPS) is 13.2. The van der Waals surface area contributed by atoms with Gasteiger partial charge in [0.05, 0.1) is 5.52 Å². The number of hydrogen-bond donors (Lipinski definition) is 1. The van der Waals surface area contributed by atoms with Gasteiger partial charge in [0.1, 0.15) is 0 Å². The lowest BCUT2D eigenvalue weighted by Gasteiger charge is -2.16. The first-order valence-corrected chi connectivity index (χ1v) is 9.21. The number of aromatic nitrogens is 2. The summed E-state index contributed by atoms with van der Waals surface area (Å²) in [5.41, 5.74) is 3.03. The first-order valence-electron chi connectivity index (χ1n) is 9.21. The Bertz CT molecular complexity index is 1020. The van der Waals surface area contributed by atoms with E-state index in [1.54, 1.807) is 15.5 Å². The molecule has 2 amide bonds. The molecule has 0 atom stereocenters. The molecule has 4 rings (SSSR count). The van der Waals surface area contributed by atoms with E-state index in [0.29, 0.717) is 30.2 Å². The second-order valence-electron chi connectivity index (χ2n) is 7.18. The summed E-state index contributed by atoms with van der Waals surface area (Å²) in [4.78, 5) is 32.0. The summed E-state index contributed by atoms with van der Waals surface area (Å²) in [6.07, 6.45) is 2.59. The van der Waals surface area contributed by atoms with Crippen molar-refractivity contribution in [3.05, 3.63) is 65.7 Å². The predicted molar refractivity (Wildman–Crippen MR) is 104 cm³/mol. The number of benzene rings is 1. The molecule has 1 aliphatic heterocycles. The number of nitrogens with one attached hydrogen (secondary N) is 1. The van der Waals surface area contributed by atoms with Gasteiger partial charge in [-0.05, 0) is 36.1 Å². The number of imidazole rings is 1. The molecule has 1 N–H and O–H groups in total. The summed E-state index contributed by atoms with van der Waals surface area (Å²) in [6.45, 7) is 5.25. The van der Waals surface area contributed by atoms with Crippen molar-refractivity contribution in [2.24, 2.45) is 5.92 Å². The van der Waals surface area contributed by atoms with Crippen LogP contribution in [0.4, 0.5) is 5.69 Å². The van der Waals surface area contributed by atoms with E-state index in [9.17, 15) is 9.59 Å². The van der Waals surface area contributed by atoms with E-state index in [1.807, 2.05) is 56.3 Å². The average Bonchev–Trinajstić information content (AvgIpc) is 3.27. The summed E-state index contributed by atoms with van der Waals surface area (Å²) >= 11 is 0. The van der Waals surface area contributed by atoms with Gasteiger partial charge in [-0.25, -0.2) is 4.98 Å². The molecule has 6 nitrogen and oxygen atoms in total. The van der Waals surface area contributed by atoms with Crippen molar-refractivity contribution in [3.63, 3.8) is 0 Å². The molecule has 0 radical (unpaired) electrons. The van der Waals surface area contributed by atoms with E-state index in [4.69, 9.17) is 0 Å². The quantitative estimate of drug-likeness (QED) is 0.776. The van der Waals surface area contributed by atoms with Gasteiger partial charge in [-0.15, -0.1) is 0 Å². The number of para-hydroxylation sites is 1. The zero-order valence-corrected chi connectivity index (χ0v) is 15.5. The number of anilines is 1. The molecule has 0 fully saturated rings. The van der Waals surface area contributed by atoms with Crippen LogP contribution < -0.4 is 10.2 Å². The van der Waals surface area contributed by atoms with Crippen LogP contribution in [0.15, 0.2) is 48.7 Å². The van der Waals surface area contributed by atoms with Gasteiger partial charge in [-0.3, -0.25) is 14.0 Å². The maximum Gasteiger partial charge on any atom is 0.287 e. The second kappa shape index (κ2) is 6.87. The molecule has 3 heterocycles. The number of carbonyl (C=O) groups is 2. The van der Waals surface area contributed by atoms with Gasteiger partial charge < -0.3 is 10.2 Å². The molecule has 27 heavy (non-hydrogen) atoms. The van der Waals surface area contributed by atoms with Gasteiger partial charge in [0.15, 0.2) is 5.69 Å². The molecule has 1 aliphatic rings. The third kappa shape index (κ3) is 3.07. The molecule has 0 unspecified atom stereocenters. The van der Waals surface area contributed by atoms with Crippen molar-refractivity contribution in [2.75, 3.05) is 18.0 Å². The summed E-state index contributed by atoms with van der Waals surface area (Å²) < 4.78 is 1.69. The van der Waals surface area contributed by atoms with Crippen LogP contribution in [0.1, 0.15) is 40.5 Å². The van der Waals surface area contributed by atoms with E-state index in [1.165, 1.54) is 0 Å². The number of fused-ring (bicyclic) bond motifs is 2. The van der Waals surface area contributed by atoms with E-state index in [0.717, 1.165) is 17.7 Å². The van der Waals surface area contributed by atoms with Crippen LogP contribution in [0.25, 0.3) is 5.52 Å². The Kier molecular flexibility index (Phi) is 4.39. The fourth-order valence-corrected chi connectivity index (χ4v) is 3.41. The van der Waals surface area contributed by atoms with Crippen LogP contribution in [0.5, 0.6) is 0 Å². The number of pyridine rings is 1. The average molecular weight is 362 g/mol. The molecular formula is C21H22N4O2. The van der Waals surface area contributed by atoms with E-state index in [-0.39, 0.29) is 17.6 Å². The summed E-state index contributed by atoms with van der Waals surface area (Å²) in [6, 6.07) is 13.4. The lowest BCUT2D eigenvalue weighted by atomic mass is 10.2. The van der Waals surface area contributed by atoms with Crippen molar-refractivity contribution in [1.29, 1.82) is 0 Å². The van der Waals surface area contributed by atoms with Gasteiger partial charge in [0, 0.05) is 25.0 Å². The van der Waals surface area contributed by atoms with Gasteiger partial charge in [-0.2, -0.15) is 0 Å². The Morgan fingerprint density at radius 3 is 2.74 bits per heavy atom. The highest BCUT2D eigenvalue weighted by atomic mass is 16.2. The highest BCUT2D eigenvalue weighted by Crippen LogP contribution is 2.29. The second-order valence-corrected chi connectivity index (χ2v) is 7.18. The highest BCUT2D eigenvalue weighted by molar-refractivity contribution is 6.11. The standard InChI is InChI=1S/C21H22N4O2/c1-14(2)13-22-20(26)19-23-18(17-9-5-6-11-24(17)19)21(27)25-12-10-15-7-3-4-8-16(15)25/h3-9,11,14H,10,12-13H2,1-2H3,(H,22,26). The van der Waals surface area contributed by atoms with Crippen LogP contribution in [0.3, 0.4) is 0 Å². The molecule has 0 bridgehead atoms. The maximum absolute atomic E-state index is 13.2. The Hall–Kier alpha value is -3.15. The SMILES string of the molecule is CC(C)CNC(=O)c1nc(C(=O)N2CCc3ccccc32)c2ccccn12. The van der Waals surface area contributed by atoms with Crippen LogP contribution in [0.2, 0.25) is 0 Å². The zero-order chi connectivity index (χ0) is 19.0. The fourth-order valence-electron chi connectivity index (χ4n) is 3.41. The zero-order valence-electron chi connectivity index (χ0n) is 15.5. The van der Waals surface area contributed by atoms with Crippen molar-refractivity contribution in [1.82, 2.24) is 14.7 Å². The summed E-state index contributed by atoms with van der Waals surface area (Å²) in [5.74, 6) is 0.127. The smallest absolute Gasteiger partial charge is 0.287 e. The van der Waals surface area contributed by atoms with Crippen LogP contribution in [0, 0.1) is 5.92 Å². The third-order valence-electron chi connectivity index (χ3n) is 4.76. The predicted octanol–water partition coefficient (Wildman–Crippen LogP) is 2.92. The maximum atomic E-state index is 13.2. The minimum Gasteiger partial charge on any atom is -0.349 e. The number of hydrogen-bond acceptors (Lipinski definition) is 3. The Morgan fingerprint density at radius 1 is 1.15 bits per heavy atom. The summed E-state index contributed by atoms with van der Waals surface area (Å²) in [5, 5.41) is 2.88. The highest BCUT2D eigenvalue weighted by Gasteiger charge is 2.29. The van der Waals surface area contributed by atoms with Gasteiger partial charge in [0.25, 0.3) is 11.8 Å². The minimum atomic E-state index is -0.272. The van der Waals surface area contributed by atoms with Crippen LogP contribution in [-0.2, 0) is 6.42 Å². The molecule has 2 aromatic heterocycles. The Balaban J connectivity index is 1.72. The van der Waals surface area contributed by atoms with E-state index < -0.39 is 0 Å². The Morgan fingerprint density at radius 2 is 1.93 bits per heavy atom. The van der Waals surface area contributed by atoms with Crippen molar-refractivity contribution >= 4 is 23.0 Å². The topological polar surface area (TPSA) is 66.7 Å². The molecular weight excluding hydrogens is 340 g/mol. The van der Waals surface area contributed by atoms with Gasteiger partial charge in [0.2, 0.25) is 5.82 Å². The number of carbonyl (C=O) groups excluding carboxylic acids is 2. The number of amides is 2. The lowest BCUT2D eigenvalue weighted by Crippen LogP contribution is -2.30. The molecule has 6 heteroatoms. The molecule has 138 valence electrons. The van der Waals surface area contributed by atoms with Crippen molar-refractivity contribution < 1.29 is 9.59 Å². The molecule has 0 saturated carbocycles. The van der Waals surface area contributed by atoms with Gasteiger partial charge >= 0.3 is 0 Å². The van der Waals surface area contributed by atoms with Crippen molar-refractivity contribution in [2.45, 2.75) is 20.3 Å². The summed E-state index contributed by atoms with van der Waals surface area (Å²) in [7, 11) is 0. The first-order chi connectivity index (χ1) is 13.1. The largest absolute Gasteiger partial charge is 0.349 e. The molecule has 0 aliphatic carbocycles. The van der Waals surface area contributed by atoms with Gasteiger partial charge in [-0.1, -0.05) is 38.1 Å². The number of rotatable bonds is 4. The van der Waals surface area contributed by atoms with Crippen LogP contribution in [-0.4, -0.2) is 34.3 Å². The third-order valence-corrected chi connectivity index (χ3v) is 4.76. The van der Waals surface area contributed by atoms with E-state index in [2.05, 4.69) is 10.3 Å². The minimum absolute atomic E-state index is 0.174. The molecule has 0 saturated heterocycles. The number of nitrogens with zero attached hydrogens (tertiary/aromatic N) is 3. The first kappa shape index (κ1) is 17.3. The molecule has 3 aromatic rings. The lowest BCUT2D eigenvalue weighted by molar-refractivity contribution is 0.0938. The monoisotopic (exact) mass is 362 g/mol. The van der Waals surface area contributed by atoms with Crippen molar-refractivity contribution in [3.8, 4) is 0 Å². The molecule has 1 aromatic carbocycles. The van der Waals surface area contributed by atoms with Crippen LogP contribution >= 0.6 is 0 Å².